The molecule has 2 aromatic rings. The van der Waals surface area contributed by atoms with Crippen LogP contribution in [-0.4, -0.2) is 52.2 Å². The van der Waals surface area contributed by atoms with E-state index in [4.69, 9.17) is 16.3 Å². The maximum Gasteiger partial charge on any atom is 0.586 e. The molecule has 4 atom stereocenters. The number of aromatic nitrogens is 1. The second kappa shape index (κ2) is 9.32. The van der Waals surface area contributed by atoms with Crippen LogP contribution in [0.3, 0.4) is 0 Å². The van der Waals surface area contributed by atoms with E-state index < -0.39 is 42.5 Å². The van der Waals surface area contributed by atoms with Gasteiger partial charge in [-0.3, -0.25) is 15.0 Å². The number of fused-ring (bicyclic) bond motifs is 1. The Kier molecular flexibility index (Phi) is 6.61. The molecule has 2 aliphatic heterocycles. The van der Waals surface area contributed by atoms with Crippen molar-refractivity contribution in [3.05, 3.63) is 52.8 Å². The first-order valence-electron chi connectivity index (χ1n) is 10.5. The minimum Gasteiger partial charge on any atom is -0.464 e. The molecule has 0 radical (unpaired) electrons. The van der Waals surface area contributed by atoms with Crippen LogP contribution in [0.15, 0.2) is 36.5 Å². The minimum absolute atomic E-state index is 0.105. The van der Waals surface area contributed by atoms with Crippen molar-refractivity contribution in [3.63, 3.8) is 0 Å². The largest absolute Gasteiger partial charge is 0.586 e. The second-order valence-corrected chi connectivity index (χ2v) is 8.27. The van der Waals surface area contributed by atoms with Crippen molar-refractivity contribution in [3.8, 4) is 11.5 Å². The Morgan fingerprint density at radius 3 is 2.74 bits per heavy atom. The number of esters is 1. The molecule has 182 valence electrons. The highest BCUT2D eigenvalue weighted by Crippen LogP contribution is 2.42. The van der Waals surface area contributed by atoms with Gasteiger partial charge >= 0.3 is 12.3 Å². The van der Waals surface area contributed by atoms with E-state index in [1.165, 1.54) is 24.4 Å². The van der Waals surface area contributed by atoms with Gasteiger partial charge in [0.05, 0.1) is 12.5 Å². The number of hydrogen-bond acceptors (Lipinski definition) is 8. The van der Waals surface area contributed by atoms with Crippen LogP contribution in [0.2, 0.25) is 5.15 Å². The number of aliphatic hydroxyl groups excluding tert-OH is 1. The predicted octanol–water partition coefficient (Wildman–Crippen LogP) is 2.62. The number of nitrogens with one attached hydrogen (secondary N) is 1. The third-order valence-electron chi connectivity index (χ3n) is 5.61. The monoisotopic (exact) mass is 497 g/mol. The van der Waals surface area contributed by atoms with Crippen LogP contribution in [0.4, 0.5) is 8.78 Å². The number of carbonyl (C=O) groups is 2. The number of β-lactam (4-membered cyclic amide) rings is 1. The molecule has 12 heteroatoms. The van der Waals surface area contributed by atoms with Crippen LogP contribution in [0.1, 0.15) is 31.0 Å². The highest BCUT2D eigenvalue weighted by atomic mass is 35.5. The molecule has 1 aromatic carbocycles. The summed E-state index contributed by atoms with van der Waals surface area (Å²) in [5.74, 6) is -2.10. The number of likely N-dealkylation sites (tertiary alicyclic amines) is 1. The highest BCUT2D eigenvalue weighted by molar-refractivity contribution is 6.29. The lowest BCUT2D eigenvalue weighted by Crippen LogP contribution is -2.70. The zero-order chi connectivity index (χ0) is 24.6. The third-order valence-corrected chi connectivity index (χ3v) is 5.84. The summed E-state index contributed by atoms with van der Waals surface area (Å²) in [4.78, 5) is 30.5. The summed E-state index contributed by atoms with van der Waals surface area (Å²) in [5, 5.41) is 13.8. The van der Waals surface area contributed by atoms with E-state index in [2.05, 4.69) is 19.8 Å². The van der Waals surface area contributed by atoms with Crippen molar-refractivity contribution in [1.29, 1.82) is 0 Å². The van der Waals surface area contributed by atoms with E-state index in [9.17, 15) is 23.5 Å². The summed E-state index contributed by atoms with van der Waals surface area (Å²) >= 11 is 5.80. The Labute approximate surface area is 198 Å². The number of nitrogens with zero attached hydrogens (tertiary/aromatic N) is 2. The maximum atomic E-state index is 13.3. The second-order valence-electron chi connectivity index (χ2n) is 7.88. The lowest BCUT2D eigenvalue weighted by Gasteiger charge is -2.48. The average Bonchev–Trinajstić information content (AvgIpc) is 3.09. The molecule has 2 aliphatic rings. The fourth-order valence-electron chi connectivity index (χ4n) is 3.97. The third kappa shape index (κ3) is 4.77. The molecule has 1 saturated heterocycles. The van der Waals surface area contributed by atoms with E-state index in [1.54, 1.807) is 26.0 Å². The molecule has 1 aromatic heterocycles. The number of carbonyl (C=O) groups excluding carboxylic acids is 2. The summed E-state index contributed by atoms with van der Waals surface area (Å²) in [6.45, 7) is 3.40. The molecule has 1 amide bonds. The van der Waals surface area contributed by atoms with Crippen molar-refractivity contribution in [2.75, 3.05) is 6.61 Å². The summed E-state index contributed by atoms with van der Waals surface area (Å²) in [7, 11) is 0. The predicted molar refractivity (Wildman–Crippen MR) is 114 cm³/mol. The van der Waals surface area contributed by atoms with Gasteiger partial charge in [0.2, 0.25) is 5.91 Å². The Bertz CT molecular complexity index is 1090. The standard InChI is InChI=1S/C22H22ClF2N3O6/c1-3-32-20(30)18-14(8-12-4-7-17(23)26-10-12)19(29)28(18)21(31)27-11(2)13-5-6-15-16(9-13)34-22(24,25)33-15/h4-7,9-11,14,18,21,27,31H,3,8H2,1-2H3/t11?,14-,18?,21?/m1/s1. The molecule has 4 rings (SSSR count). The first-order chi connectivity index (χ1) is 16.1. The topological polar surface area (TPSA) is 110 Å². The number of benzene rings is 1. The van der Waals surface area contributed by atoms with Gasteiger partial charge in [-0.25, -0.2) is 9.78 Å². The molecule has 0 bridgehead atoms. The Morgan fingerprint density at radius 2 is 2.06 bits per heavy atom. The first kappa shape index (κ1) is 24.1. The van der Waals surface area contributed by atoms with Crippen molar-refractivity contribution >= 4 is 23.5 Å². The molecular weight excluding hydrogens is 476 g/mol. The van der Waals surface area contributed by atoms with Gasteiger partial charge in [-0.05, 0) is 49.6 Å². The van der Waals surface area contributed by atoms with Crippen LogP contribution in [-0.2, 0) is 20.7 Å². The lowest BCUT2D eigenvalue weighted by atomic mass is 9.82. The number of pyridine rings is 1. The molecule has 2 N–H and O–H groups in total. The minimum atomic E-state index is -3.75. The van der Waals surface area contributed by atoms with E-state index in [-0.39, 0.29) is 24.5 Å². The van der Waals surface area contributed by atoms with Gasteiger partial charge < -0.3 is 19.3 Å². The number of hydrogen-bond donors (Lipinski definition) is 2. The first-order valence-corrected chi connectivity index (χ1v) is 10.9. The molecule has 0 saturated carbocycles. The Hall–Kier alpha value is -3.02. The summed E-state index contributed by atoms with van der Waals surface area (Å²) < 4.78 is 40.5. The van der Waals surface area contributed by atoms with Crippen molar-refractivity contribution in [2.24, 2.45) is 5.92 Å². The number of aliphatic hydroxyl groups is 1. The lowest BCUT2D eigenvalue weighted by molar-refractivity contribution is -0.286. The van der Waals surface area contributed by atoms with Crippen LogP contribution in [0.5, 0.6) is 11.5 Å². The fraction of sp³-hybridized carbons (Fsp3) is 0.409. The molecular formula is C22H22ClF2N3O6. The Morgan fingerprint density at radius 1 is 1.32 bits per heavy atom. The number of halogens is 3. The van der Waals surface area contributed by atoms with Gasteiger partial charge in [0.25, 0.3) is 0 Å². The summed E-state index contributed by atoms with van der Waals surface area (Å²) in [6.07, 6.45) is -3.56. The van der Waals surface area contributed by atoms with E-state index in [0.717, 1.165) is 4.90 Å². The van der Waals surface area contributed by atoms with Crippen LogP contribution in [0.25, 0.3) is 0 Å². The van der Waals surface area contributed by atoms with Crippen molar-refractivity contribution < 1.29 is 37.7 Å². The summed E-state index contributed by atoms with van der Waals surface area (Å²) in [5.41, 5.74) is 1.19. The molecule has 1 fully saturated rings. The number of amides is 1. The molecule has 34 heavy (non-hydrogen) atoms. The molecule has 0 aliphatic carbocycles. The van der Waals surface area contributed by atoms with Crippen LogP contribution >= 0.6 is 11.6 Å². The molecule has 9 nitrogen and oxygen atoms in total. The normalized spacial score (nSPS) is 22.2. The summed E-state index contributed by atoms with van der Waals surface area (Å²) in [6, 6.07) is 5.84. The van der Waals surface area contributed by atoms with Crippen LogP contribution in [0, 0.1) is 5.92 Å². The molecule has 0 spiro atoms. The zero-order valence-corrected chi connectivity index (χ0v) is 19.0. The van der Waals surface area contributed by atoms with Crippen molar-refractivity contribution in [2.45, 2.75) is 45.0 Å². The average molecular weight is 498 g/mol. The van der Waals surface area contributed by atoms with E-state index in [1.807, 2.05) is 0 Å². The van der Waals surface area contributed by atoms with Gasteiger partial charge in [0.1, 0.15) is 11.2 Å². The van der Waals surface area contributed by atoms with E-state index >= 15 is 0 Å². The smallest absolute Gasteiger partial charge is 0.464 e. The van der Waals surface area contributed by atoms with Gasteiger partial charge in [0, 0.05) is 12.2 Å². The van der Waals surface area contributed by atoms with Gasteiger partial charge in [0.15, 0.2) is 17.9 Å². The number of rotatable bonds is 8. The van der Waals surface area contributed by atoms with Gasteiger partial charge in [-0.2, -0.15) is 0 Å². The quantitative estimate of drug-likeness (QED) is 0.248. The van der Waals surface area contributed by atoms with Crippen molar-refractivity contribution in [1.82, 2.24) is 15.2 Å². The highest BCUT2D eigenvalue weighted by Gasteiger charge is 2.54. The maximum absolute atomic E-state index is 13.3. The fourth-order valence-corrected chi connectivity index (χ4v) is 4.08. The number of ether oxygens (including phenoxy) is 3. The van der Waals surface area contributed by atoms with Gasteiger partial charge in [-0.1, -0.05) is 23.7 Å². The molecule has 3 heterocycles. The molecule has 3 unspecified atom stereocenters. The van der Waals surface area contributed by atoms with E-state index in [0.29, 0.717) is 16.3 Å². The Balaban J connectivity index is 1.47. The SMILES string of the molecule is CCOC(=O)C1[C@@H](Cc2ccc(Cl)nc2)C(=O)N1C(O)NC(C)c1ccc2c(c1)OC(F)(F)O2. The van der Waals surface area contributed by atoms with Gasteiger partial charge in [-0.15, -0.1) is 8.78 Å². The van der Waals surface area contributed by atoms with Crippen LogP contribution < -0.4 is 14.8 Å². The number of alkyl halides is 2. The zero-order valence-electron chi connectivity index (χ0n) is 18.2.